The minimum Gasteiger partial charge on any atom is -0.304 e. The Labute approximate surface area is 125 Å². The molecule has 2 heterocycles. The molecule has 1 unspecified atom stereocenters. The highest BCUT2D eigenvalue weighted by molar-refractivity contribution is 6.31. The van der Waals surface area contributed by atoms with E-state index in [0.717, 1.165) is 36.6 Å². The Balaban J connectivity index is 2.45. The van der Waals surface area contributed by atoms with Crippen LogP contribution in [-0.4, -0.2) is 21.3 Å². The lowest BCUT2D eigenvalue weighted by molar-refractivity contribution is 0.514. The Hall–Kier alpha value is -1.39. The van der Waals surface area contributed by atoms with Crippen LogP contribution < -0.4 is 5.32 Å². The molecule has 2 aromatic heterocycles. The minimum atomic E-state index is -0.0264. The van der Waals surface area contributed by atoms with Crippen LogP contribution in [0.15, 0.2) is 24.4 Å². The van der Waals surface area contributed by atoms with E-state index in [1.165, 1.54) is 0 Å². The van der Waals surface area contributed by atoms with E-state index in [0.29, 0.717) is 5.02 Å². The maximum Gasteiger partial charge on any atom is 0.0937 e. The molecule has 0 fully saturated rings. The highest BCUT2D eigenvalue weighted by atomic mass is 35.5. The molecule has 108 valence electrons. The quantitative estimate of drug-likeness (QED) is 0.888. The lowest BCUT2D eigenvalue weighted by Crippen LogP contribution is -2.26. The topological polar surface area (TPSA) is 42.7 Å². The molecule has 0 aromatic carbocycles. The van der Waals surface area contributed by atoms with Gasteiger partial charge in [-0.25, -0.2) is 0 Å². The predicted octanol–water partition coefficient (Wildman–Crippen LogP) is 3.35. The lowest BCUT2D eigenvalue weighted by atomic mass is 10.1. The summed E-state index contributed by atoms with van der Waals surface area (Å²) in [5.74, 6) is 0. The molecule has 0 amide bonds. The van der Waals surface area contributed by atoms with E-state index in [9.17, 15) is 0 Å². The molecule has 0 radical (unpaired) electrons. The van der Waals surface area contributed by atoms with Crippen molar-refractivity contribution in [1.82, 2.24) is 20.1 Å². The Kier molecular flexibility index (Phi) is 5.15. The van der Waals surface area contributed by atoms with E-state index >= 15 is 0 Å². The average Bonchev–Trinajstić information content (AvgIpc) is 2.78. The van der Waals surface area contributed by atoms with E-state index in [4.69, 9.17) is 11.6 Å². The van der Waals surface area contributed by atoms with Gasteiger partial charge in [-0.05, 0) is 32.0 Å². The maximum atomic E-state index is 6.35. The number of pyridine rings is 1. The normalized spacial score (nSPS) is 12.6. The van der Waals surface area contributed by atoms with Gasteiger partial charge in [0, 0.05) is 12.2 Å². The summed E-state index contributed by atoms with van der Waals surface area (Å²) < 4.78 is 1.97. The number of halogens is 1. The van der Waals surface area contributed by atoms with E-state index in [2.05, 4.69) is 29.2 Å². The van der Waals surface area contributed by atoms with E-state index < -0.39 is 0 Å². The summed E-state index contributed by atoms with van der Waals surface area (Å²) in [5, 5.41) is 8.52. The Morgan fingerprint density at radius 2 is 2.15 bits per heavy atom. The summed E-state index contributed by atoms with van der Waals surface area (Å²) in [6.07, 6.45) is 2.73. The molecule has 1 N–H and O–H groups in total. The number of hydrogen-bond donors (Lipinski definition) is 1. The van der Waals surface area contributed by atoms with Crippen LogP contribution in [0.5, 0.6) is 0 Å². The van der Waals surface area contributed by atoms with Crippen LogP contribution in [0.25, 0.3) is 0 Å². The number of nitrogens with one attached hydrogen (secondary N) is 1. The third kappa shape index (κ3) is 3.19. The second-order valence-corrected chi connectivity index (χ2v) is 5.20. The molecule has 20 heavy (non-hydrogen) atoms. The van der Waals surface area contributed by atoms with Crippen molar-refractivity contribution in [2.24, 2.45) is 0 Å². The third-order valence-corrected chi connectivity index (χ3v) is 3.45. The van der Waals surface area contributed by atoms with Gasteiger partial charge < -0.3 is 5.32 Å². The summed E-state index contributed by atoms with van der Waals surface area (Å²) in [5.41, 5.74) is 2.98. The molecule has 4 nitrogen and oxygen atoms in total. The van der Waals surface area contributed by atoms with Gasteiger partial charge in [0.1, 0.15) is 0 Å². The monoisotopic (exact) mass is 292 g/mol. The van der Waals surface area contributed by atoms with Crippen LogP contribution in [0, 0.1) is 6.92 Å². The van der Waals surface area contributed by atoms with E-state index in [-0.39, 0.29) is 6.04 Å². The van der Waals surface area contributed by atoms with Gasteiger partial charge in [-0.1, -0.05) is 31.5 Å². The van der Waals surface area contributed by atoms with Crippen molar-refractivity contribution in [3.63, 3.8) is 0 Å². The van der Waals surface area contributed by atoms with Crippen molar-refractivity contribution in [2.75, 3.05) is 6.54 Å². The zero-order chi connectivity index (χ0) is 14.5. The molecule has 0 aliphatic rings. The average molecular weight is 293 g/mol. The summed E-state index contributed by atoms with van der Waals surface area (Å²) in [7, 11) is 0. The second-order valence-electron chi connectivity index (χ2n) is 4.80. The Bertz CT molecular complexity index is 565. The van der Waals surface area contributed by atoms with Gasteiger partial charge in [-0.3, -0.25) is 9.67 Å². The van der Waals surface area contributed by atoms with Crippen molar-refractivity contribution >= 4 is 11.6 Å². The van der Waals surface area contributed by atoms with Gasteiger partial charge in [0.05, 0.1) is 28.6 Å². The standard InChI is InChI=1S/C15H21ClN4/c1-4-9-20-15(12(16)10-18-20)14(17-5-2)13-8-6-7-11(3)19-13/h6-8,10,14,17H,4-5,9H2,1-3H3. The number of rotatable bonds is 6. The van der Waals surface area contributed by atoms with Crippen molar-refractivity contribution in [2.45, 2.75) is 39.8 Å². The highest BCUT2D eigenvalue weighted by Gasteiger charge is 2.22. The second kappa shape index (κ2) is 6.86. The fraction of sp³-hybridized carbons (Fsp3) is 0.467. The molecule has 0 aliphatic carbocycles. The first-order valence-electron chi connectivity index (χ1n) is 7.05. The van der Waals surface area contributed by atoms with Gasteiger partial charge in [-0.15, -0.1) is 0 Å². The first-order chi connectivity index (χ1) is 9.67. The first kappa shape index (κ1) is 15.0. The molecule has 0 saturated carbocycles. The predicted molar refractivity (Wildman–Crippen MR) is 82.0 cm³/mol. The summed E-state index contributed by atoms with van der Waals surface area (Å²) in [6, 6.07) is 6.02. The molecule has 1 atom stereocenters. The summed E-state index contributed by atoms with van der Waals surface area (Å²) >= 11 is 6.35. The number of aromatic nitrogens is 3. The van der Waals surface area contributed by atoms with Crippen molar-refractivity contribution in [1.29, 1.82) is 0 Å². The van der Waals surface area contributed by atoms with E-state index in [1.54, 1.807) is 6.20 Å². The molecule has 0 spiro atoms. The first-order valence-corrected chi connectivity index (χ1v) is 7.43. The zero-order valence-corrected chi connectivity index (χ0v) is 13.0. The van der Waals surface area contributed by atoms with E-state index in [1.807, 2.05) is 29.8 Å². The maximum absolute atomic E-state index is 6.35. The van der Waals surface area contributed by atoms with Gasteiger partial charge in [0.2, 0.25) is 0 Å². The van der Waals surface area contributed by atoms with Crippen LogP contribution in [0.2, 0.25) is 5.02 Å². The largest absolute Gasteiger partial charge is 0.304 e. The van der Waals surface area contributed by atoms with Gasteiger partial charge in [0.15, 0.2) is 0 Å². The van der Waals surface area contributed by atoms with Crippen molar-refractivity contribution in [3.05, 3.63) is 46.5 Å². The third-order valence-electron chi connectivity index (χ3n) is 3.16. The SMILES string of the molecule is CCCn1ncc(Cl)c1C(NCC)c1cccc(C)n1. The number of nitrogens with zero attached hydrogens (tertiary/aromatic N) is 3. The molecule has 0 saturated heterocycles. The van der Waals surface area contributed by atoms with Crippen LogP contribution in [-0.2, 0) is 6.54 Å². The molecule has 0 bridgehead atoms. The van der Waals surface area contributed by atoms with Gasteiger partial charge in [0.25, 0.3) is 0 Å². The Morgan fingerprint density at radius 3 is 2.80 bits per heavy atom. The van der Waals surface area contributed by atoms with Crippen molar-refractivity contribution < 1.29 is 0 Å². The Morgan fingerprint density at radius 1 is 1.35 bits per heavy atom. The molecule has 5 heteroatoms. The smallest absolute Gasteiger partial charge is 0.0937 e. The molecular weight excluding hydrogens is 272 g/mol. The number of aryl methyl sites for hydroxylation is 2. The molecule has 2 aromatic rings. The molecular formula is C15H21ClN4. The summed E-state index contributed by atoms with van der Waals surface area (Å²) in [4.78, 5) is 4.63. The van der Waals surface area contributed by atoms with Gasteiger partial charge >= 0.3 is 0 Å². The van der Waals surface area contributed by atoms with Crippen LogP contribution in [0.3, 0.4) is 0 Å². The van der Waals surface area contributed by atoms with Gasteiger partial charge in [-0.2, -0.15) is 5.10 Å². The fourth-order valence-corrected chi connectivity index (χ4v) is 2.57. The highest BCUT2D eigenvalue weighted by Crippen LogP contribution is 2.27. The van der Waals surface area contributed by atoms with Crippen LogP contribution in [0.1, 0.15) is 43.4 Å². The minimum absolute atomic E-state index is 0.0264. The summed E-state index contributed by atoms with van der Waals surface area (Å²) in [6.45, 7) is 7.91. The van der Waals surface area contributed by atoms with Crippen LogP contribution >= 0.6 is 11.6 Å². The number of hydrogen-bond acceptors (Lipinski definition) is 3. The fourth-order valence-electron chi connectivity index (χ4n) is 2.32. The molecule has 0 aliphatic heterocycles. The lowest BCUT2D eigenvalue weighted by Gasteiger charge is -2.20. The van der Waals surface area contributed by atoms with Crippen molar-refractivity contribution in [3.8, 4) is 0 Å². The molecule has 2 rings (SSSR count). The van der Waals surface area contributed by atoms with Crippen LogP contribution in [0.4, 0.5) is 0 Å². The zero-order valence-electron chi connectivity index (χ0n) is 12.2.